The topological polar surface area (TPSA) is 65.5 Å². The summed E-state index contributed by atoms with van der Waals surface area (Å²) in [5, 5.41) is 6.09. The lowest BCUT2D eigenvalue weighted by molar-refractivity contribution is -0.137. The van der Waals surface area contributed by atoms with Crippen LogP contribution in [0.15, 0.2) is 35.8 Å². The highest BCUT2D eigenvalue weighted by Gasteiger charge is 2.21. The van der Waals surface area contributed by atoms with E-state index in [1.807, 2.05) is 29.6 Å². The van der Waals surface area contributed by atoms with E-state index in [9.17, 15) is 9.59 Å². The van der Waals surface area contributed by atoms with Crippen molar-refractivity contribution in [1.29, 1.82) is 0 Å². The Hall–Kier alpha value is -2.41. The Morgan fingerprint density at radius 1 is 1.21 bits per heavy atom. The number of benzene rings is 1. The van der Waals surface area contributed by atoms with Crippen molar-refractivity contribution < 1.29 is 9.59 Å². The van der Waals surface area contributed by atoms with Crippen molar-refractivity contribution in [2.45, 2.75) is 6.92 Å². The zero-order valence-corrected chi connectivity index (χ0v) is 14.4. The van der Waals surface area contributed by atoms with Crippen molar-refractivity contribution in [3.05, 3.63) is 35.8 Å². The number of hydrogen-bond donors (Lipinski definition) is 1. The number of nitrogens with one attached hydrogen (secondary N) is 1. The maximum absolute atomic E-state index is 12.3. The predicted octanol–water partition coefficient (Wildman–Crippen LogP) is 1.91. The lowest BCUT2D eigenvalue weighted by Crippen LogP contribution is -2.51. The molecule has 1 aromatic heterocycles. The first-order valence-corrected chi connectivity index (χ1v) is 8.78. The highest BCUT2D eigenvalue weighted by molar-refractivity contribution is 7.13. The molecule has 0 bridgehead atoms. The molecule has 1 saturated heterocycles. The average molecular weight is 344 g/mol. The van der Waals surface area contributed by atoms with Crippen LogP contribution in [0.4, 0.5) is 5.69 Å². The Morgan fingerprint density at radius 2 is 1.96 bits per heavy atom. The van der Waals surface area contributed by atoms with Crippen LogP contribution in [0.25, 0.3) is 10.6 Å². The normalized spacial score (nSPS) is 14.5. The molecule has 1 N–H and O–H groups in total. The van der Waals surface area contributed by atoms with Crippen LogP contribution in [-0.2, 0) is 9.59 Å². The van der Waals surface area contributed by atoms with Gasteiger partial charge in [-0.2, -0.15) is 0 Å². The monoisotopic (exact) mass is 344 g/mol. The van der Waals surface area contributed by atoms with Gasteiger partial charge in [-0.05, 0) is 12.1 Å². The average Bonchev–Trinajstić information content (AvgIpc) is 3.15. The number of rotatable bonds is 4. The highest BCUT2D eigenvalue weighted by Crippen LogP contribution is 2.24. The third-order valence-electron chi connectivity index (χ3n) is 4.06. The van der Waals surface area contributed by atoms with Crippen LogP contribution >= 0.6 is 11.3 Å². The van der Waals surface area contributed by atoms with Crippen molar-refractivity contribution in [2.24, 2.45) is 0 Å². The van der Waals surface area contributed by atoms with Gasteiger partial charge in [-0.15, -0.1) is 11.3 Å². The Kier molecular flexibility index (Phi) is 5.10. The summed E-state index contributed by atoms with van der Waals surface area (Å²) in [7, 11) is 0. The van der Waals surface area contributed by atoms with Gasteiger partial charge in [0, 0.05) is 55.9 Å². The van der Waals surface area contributed by atoms with Crippen molar-refractivity contribution in [3.8, 4) is 10.6 Å². The number of carbonyl (C=O) groups is 2. The molecule has 0 saturated carbocycles. The summed E-state index contributed by atoms with van der Waals surface area (Å²) in [6.45, 7) is 4.23. The van der Waals surface area contributed by atoms with Crippen molar-refractivity contribution >= 4 is 28.8 Å². The first-order chi connectivity index (χ1) is 11.6. The lowest BCUT2D eigenvalue weighted by Gasteiger charge is -2.34. The molecule has 24 heavy (non-hydrogen) atoms. The van der Waals surface area contributed by atoms with Crippen LogP contribution in [0.5, 0.6) is 0 Å². The number of amides is 2. The molecule has 126 valence electrons. The molecule has 0 spiro atoms. The molecular formula is C17H20N4O2S. The van der Waals surface area contributed by atoms with Gasteiger partial charge in [-0.25, -0.2) is 4.98 Å². The molecule has 2 aromatic rings. The summed E-state index contributed by atoms with van der Waals surface area (Å²) in [5.41, 5.74) is 1.94. The molecule has 0 atom stereocenters. The highest BCUT2D eigenvalue weighted by atomic mass is 32.1. The van der Waals surface area contributed by atoms with E-state index in [-0.39, 0.29) is 18.4 Å². The molecule has 3 rings (SSSR count). The number of piperazine rings is 1. The zero-order valence-electron chi connectivity index (χ0n) is 13.6. The molecule has 2 heterocycles. The first-order valence-electron chi connectivity index (χ1n) is 7.90. The fraction of sp³-hybridized carbons (Fsp3) is 0.353. The summed E-state index contributed by atoms with van der Waals surface area (Å²) in [4.78, 5) is 31.5. The number of aromatic nitrogens is 1. The van der Waals surface area contributed by atoms with E-state index in [4.69, 9.17) is 0 Å². The summed E-state index contributed by atoms with van der Waals surface area (Å²) >= 11 is 1.59. The van der Waals surface area contributed by atoms with E-state index in [1.165, 1.54) is 0 Å². The van der Waals surface area contributed by atoms with Crippen molar-refractivity contribution in [2.75, 3.05) is 38.0 Å². The molecule has 0 aliphatic carbocycles. The number of nitrogens with zero attached hydrogens (tertiary/aromatic N) is 3. The minimum absolute atomic E-state index is 0.0536. The molecular weight excluding hydrogens is 324 g/mol. The Balaban J connectivity index is 1.53. The van der Waals surface area contributed by atoms with Gasteiger partial charge in [-0.1, -0.05) is 12.1 Å². The van der Waals surface area contributed by atoms with Gasteiger partial charge in [0.2, 0.25) is 11.8 Å². The molecule has 2 amide bonds. The minimum atomic E-state index is 0.0536. The summed E-state index contributed by atoms with van der Waals surface area (Å²) in [6, 6.07) is 7.90. The van der Waals surface area contributed by atoms with Gasteiger partial charge in [0.1, 0.15) is 5.01 Å². The fourth-order valence-corrected chi connectivity index (χ4v) is 3.32. The van der Waals surface area contributed by atoms with Gasteiger partial charge >= 0.3 is 0 Å². The third-order valence-corrected chi connectivity index (χ3v) is 4.89. The van der Waals surface area contributed by atoms with Gasteiger partial charge in [0.25, 0.3) is 0 Å². The Morgan fingerprint density at radius 3 is 2.62 bits per heavy atom. The summed E-state index contributed by atoms with van der Waals surface area (Å²) in [5.74, 6) is 0.122. The predicted molar refractivity (Wildman–Crippen MR) is 94.9 cm³/mol. The van der Waals surface area contributed by atoms with Crippen LogP contribution in [-0.4, -0.2) is 59.3 Å². The summed E-state index contributed by atoms with van der Waals surface area (Å²) < 4.78 is 0. The number of hydrogen-bond acceptors (Lipinski definition) is 5. The second kappa shape index (κ2) is 7.44. The summed E-state index contributed by atoms with van der Waals surface area (Å²) in [6.07, 6.45) is 1.78. The van der Waals surface area contributed by atoms with E-state index in [2.05, 4.69) is 10.3 Å². The second-order valence-corrected chi connectivity index (χ2v) is 6.55. The van der Waals surface area contributed by atoms with Crippen LogP contribution in [0.3, 0.4) is 0 Å². The molecule has 1 aliphatic heterocycles. The van der Waals surface area contributed by atoms with Crippen LogP contribution < -0.4 is 5.32 Å². The lowest BCUT2D eigenvalue weighted by atomic mass is 10.2. The largest absolute Gasteiger partial charge is 0.376 e. The molecule has 6 nitrogen and oxygen atoms in total. The zero-order chi connectivity index (χ0) is 16.9. The van der Waals surface area contributed by atoms with Crippen LogP contribution in [0, 0.1) is 0 Å². The van der Waals surface area contributed by atoms with Crippen molar-refractivity contribution in [3.63, 3.8) is 0 Å². The van der Waals surface area contributed by atoms with Gasteiger partial charge < -0.3 is 15.1 Å². The van der Waals surface area contributed by atoms with E-state index >= 15 is 0 Å². The van der Waals surface area contributed by atoms with Crippen LogP contribution in [0.2, 0.25) is 0 Å². The maximum Gasteiger partial charge on any atom is 0.241 e. The maximum atomic E-state index is 12.3. The van der Waals surface area contributed by atoms with Gasteiger partial charge in [0.05, 0.1) is 6.54 Å². The standard InChI is InChI=1S/C17H20N4O2S/c1-13(22)20-6-8-21(9-7-20)16(23)12-19-15-4-2-3-14(11-15)17-18-5-10-24-17/h2-5,10-11,19H,6-9,12H2,1H3. The first kappa shape index (κ1) is 16.4. The third kappa shape index (κ3) is 3.91. The van der Waals surface area contributed by atoms with E-state index in [0.29, 0.717) is 26.2 Å². The van der Waals surface area contributed by atoms with Crippen molar-refractivity contribution in [1.82, 2.24) is 14.8 Å². The molecule has 1 aliphatic rings. The Bertz CT molecular complexity index is 709. The quantitative estimate of drug-likeness (QED) is 0.920. The second-order valence-electron chi connectivity index (χ2n) is 5.66. The Labute approximate surface area is 145 Å². The van der Waals surface area contributed by atoms with Gasteiger partial charge in [0.15, 0.2) is 0 Å². The van der Waals surface area contributed by atoms with E-state index in [1.54, 1.807) is 34.3 Å². The number of thiazole rings is 1. The van der Waals surface area contributed by atoms with E-state index < -0.39 is 0 Å². The smallest absolute Gasteiger partial charge is 0.241 e. The molecule has 1 aromatic carbocycles. The number of carbonyl (C=O) groups excluding carboxylic acids is 2. The molecule has 0 unspecified atom stereocenters. The fourth-order valence-electron chi connectivity index (χ4n) is 2.69. The molecule has 1 fully saturated rings. The SMILES string of the molecule is CC(=O)N1CCN(C(=O)CNc2cccc(-c3nccs3)c2)CC1. The minimum Gasteiger partial charge on any atom is -0.376 e. The van der Waals surface area contributed by atoms with E-state index in [0.717, 1.165) is 16.3 Å². The van der Waals surface area contributed by atoms with Gasteiger partial charge in [-0.3, -0.25) is 9.59 Å². The molecule has 0 radical (unpaired) electrons. The molecule has 7 heteroatoms. The van der Waals surface area contributed by atoms with Crippen LogP contribution in [0.1, 0.15) is 6.92 Å². The number of anilines is 1.